The highest BCUT2D eigenvalue weighted by Gasteiger charge is 2.33. The molecule has 0 aliphatic carbocycles. The molecule has 1 aliphatic rings. The molecule has 0 unspecified atom stereocenters. The van der Waals surface area contributed by atoms with Gasteiger partial charge >= 0.3 is 6.18 Å². The van der Waals surface area contributed by atoms with Crippen LogP contribution in [0.2, 0.25) is 0 Å². The molecule has 3 heterocycles. The molecule has 0 spiro atoms. The molecular formula is C18H15F3N4O2S. The van der Waals surface area contributed by atoms with Crippen LogP contribution in [-0.2, 0) is 23.9 Å². The van der Waals surface area contributed by atoms with E-state index in [1.807, 2.05) is 24.3 Å². The maximum atomic E-state index is 12.8. The summed E-state index contributed by atoms with van der Waals surface area (Å²) in [7, 11) is 0. The Morgan fingerprint density at radius 3 is 2.82 bits per heavy atom. The molecule has 146 valence electrons. The second kappa shape index (κ2) is 7.01. The molecule has 2 N–H and O–H groups in total. The molecule has 2 aromatic heterocycles. The summed E-state index contributed by atoms with van der Waals surface area (Å²) in [5.74, 6) is -0.330. The van der Waals surface area contributed by atoms with Gasteiger partial charge < -0.3 is 14.9 Å². The van der Waals surface area contributed by atoms with E-state index in [-0.39, 0.29) is 16.8 Å². The number of alkyl halides is 3. The Morgan fingerprint density at radius 2 is 2.04 bits per heavy atom. The fourth-order valence-electron chi connectivity index (χ4n) is 3.25. The fraction of sp³-hybridized carbons (Fsp3) is 0.278. The molecule has 1 aromatic carbocycles. The van der Waals surface area contributed by atoms with E-state index in [0.29, 0.717) is 25.6 Å². The quantitative estimate of drug-likeness (QED) is 0.516. The van der Waals surface area contributed by atoms with Gasteiger partial charge in [0, 0.05) is 47.7 Å². The lowest BCUT2D eigenvalue weighted by Gasteiger charge is -2.27. The van der Waals surface area contributed by atoms with E-state index in [4.69, 9.17) is 0 Å². The maximum absolute atomic E-state index is 12.8. The monoisotopic (exact) mass is 408 g/mol. The van der Waals surface area contributed by atoms with Gasteiger partial charge in [0.2, 0.25) is 5.91 Å². The van der Waals surface area contributed by atoms with Gasteiger partial charge in [-0.15, -0.1) is 0 Å². The zero-order valence-electron chi connectivity index (χ0n) is 14.5. The first kappa shape index (κ1) is 18.6. The summed E-state index contributed by atoms with van der Waals surface area (Å²) in [6.07, 6.45) is -4.04. The Balaban J connectivity index is 1.47. The van der Waals surface area contributed by atoms with Gasteiger partial charge in [-0.1, -0.05) is 30.0 Å². The first-order valence-corrected chi connectivity index (χ1v) is 9.47. The molecule has 1 amide bonds. The van der Waals surface area contributed by atoms with E-state index < -0.39 is 17.4 Å². The number of amides is 1. The van der Waals surface area contributed by atoms with Crippen molar-refractivity contribution >= 4 is 28.6 Å². The van der Waals surface area contributed by atoms with Gasteiger partial charge in [0.1, 0.15) is 0 Å². The number of para-hydroxylation sites is 1. The van der Waals surface area contributed by atoms with E-state index in [2.05, 4.69) is 15.0 Å². The maximum Gasteiger partial charge on any atom is 0.433 e. The van der Waals surface area contributed by atoms with Gasteiger partial charge in [-0.3, -0.25) is 9.59 Å². The van der Waals surface area contributed by atoms with Gasteiger partial charge in [0.25, 0.3) is 5.56 Å². The summed E-state index contributed by atoms with van der Waals surface area (Å²) >= 11 is 0.788. The Labute approximate surface area is 161 Å². The predicted molar refractivity (Wildman–Crippen MR) is 98.0 cm³/mol. The van der Waals surface area contributed by atoms with Crippen molar-refractivity contribution in [1.29, 1.82) is 0 Å². The van der Waals surface area contributed by atoms with E-state index in [0.717, 1.165) is 33.9 Å². The second-order valence-electron chi connectivity index (χ2n) is 6.42. The molecule has 1 aliphatic heterocycles. The van der Waals surface area contributed by atoms with Gasteiger partial charge in [-0.05, 0) is 6.07 Å². The van der Waals surface area contributed by atoms with Crippen molar-refractivity contribution in [2.45, 2.75) is 24.3 Å². The first-order valence-electron chi connectivity index (χ1n) is 8.49. The molecule has 28 heavy (non-hydrogen) atoms. The van der Waals surface area contributed by atoms with Crippen molar-refractivity contribution < 1.29 is 18.0 Å². The number of aromatic amines is 2. The van der Waals surface area contributed by atoms with E-state index in [9.17, 15) is 22.8 Å². The van der Waals surface area contributed by atoms with Crippen molar-refractivity contribution in [2.75, 3.05) is 12.3 Å². The van der Waals surface area contributed by atoms with Crippen molar-refractivity contribution in [1.82, 2.24) is 19.9 Å². The zero-order chi connectivity index (χ0) is 19.9. The molecule has 4 rings (SSSR count). The molecular weight excluding hydrogens is 393 g/mol. The van der Waals surface area contributed by atoms with Crippen molar-refractivity contribution in [3.05, 3.63) is 57.6 Å². The van der Waals surface area contributed by atoms with Gasteiger partial charge in [0.05, 0.1) is 5.75 Å². The van der Waals surface area contributed by atoms with Crippen LogP contribution < -0.4 is 5.56 Å². The number of hydrogen-bond acceptors (Lipinski definition) is 4. The van der Waals surface area contributed by atoms with E-state index >= 15 is 0 Å². The molecule has 0 saturated carbocycles. The number of nitrogens with zero attached hydrogens (tertiary/aromatic N) is 2. The van der Waals surface area contributed by atoms with Crippen molar-refractivity contribution in [3.63, 3.8) is 0 Å². The highest BCUT2D eigenvalue weighted by molar-refractivity contribution is 7.99. The number of aromatic nitrogens is 3. The number of nitrogens with one attached hydrogen (secondary N) is 2. The third-order valence-electron chi connectivity index (χ3n) is 4.58. The van der Waals surface area contributed by atoms with Crippen LogP contribution in [0.3, 0.4) is 0 Å². The minimum atomic E-state index is -4.72. The molecule has 0 fully saturated rings. The first-order chi connectivity index (χ1) is 13.3. The standard InChI is InChI=1S/C18H15F3N4O2S/c19-18(20,21)14-7-15(26)24-17(23-14)28-9-16(27)25-6-5-13-11(8-25)10-3-1-2-4-12(10)22-13/h1-4,7,22H,5-6,8-9H2,(H,23,24,26). The molecule has 0 bridgehead atoms. The number of fused-ring (bicyclic) bond motifs is 3. The predicted octanol–water partition coefficient (Wildman–Crippen LogP) is 2.95. The third-order valence-corrected chi connectivity index (χ3v) is 5.44. The van der Waals surface area contributed by atoms with Crippen LogP contribution in [0.25, 0.3) is 10.9 Å². The van der Waals surface area contributed by atoms with Crippen molar-refractivity contribution in [2.24, 2.45) is 0 Å². The lowest BCUT2D eigenvalue weighted by Crippen LogP contribution is -2.37. The number of hydrogen-bond donors (Lipinski definition) is 2. The van der Waals surface area contributed by atoms with Crippen LogP contribution in [0.5, 0.6) is 0 Å². The normalized spacial score (nSPS) is 14.3. The number of H-pyrrole nitrogens is 2. The average Bonchev–Trinajstić information content (AvgIpc) is 3.03. The van der Waals surface area contributed by atoms with Crippen LogP contribution in [0.4, 0.5) is 13.2 Å². The summed E-state index contributed by atoms with van der Waals surface area (Å²) in [6, 6.07) is 8.24. The summed E-state index contributed by atoms with van der Waals surface area (Å²) in [6.45, 7) is 0.955. The summed E-state index contributed by atoms with van der Waals surface area (Å²) < 4.78 is 38.3. The smallest absolute Gasteiger partial charge is 0.358 e. The van der Waals surface area contributed by atoms with Crippen LogP contribution >= 0.6 is 11.8 Å². The minimum absolute atomic E-state index is 0.109. The molecule has 0 saturated heterocycles. The molecule has 0 radical (unpaired) electrons. The van der Waals surface area contributed by atoms with Gasteiger partial charge in [0.15, 0.2) is 10.9 Å². The Hall–Kier alpha value is -2.75. The van der Waals surface area contributed by atoms with Crippen LogP contribution in [-0.4, -0.2) is 38.1 Å². The Bertz CT molecular complexity index is 1110. The molecule has 0 atom stereocenters. The largest absolute Gasteiger partial charge is 0.433 e. The van der Waals surface area contributed by atoms with Crippen LogP contribution in [0, 0.1) is 0 Å². The highest BCUT2D eigenvalue weighted by Crippen LogP contribution is 2.29. The number of carbonyl (C=O) groups is 1. The highest BCUT2D eigenvalue weighted by atomic mass is 32.2. The Kier molecular flexibility index (Phi) is 4.66. The second-order valence-corrected chi connectivity index (χ2v) is 7.38. The average molecular weight is 408 g/mol. The van der Waals surface area contributed by atoms with Crippen LogP contribution in [0.15, 0.2) is 40.3 Å². The number of thioether (sulfide) groups is 1. The van der Waals surface area contributed by atoms with Gasteiger partial charge in [-0.25, -0.2) is 4.98 Å². The SMILES string of the molecule is O=C(CSc1nc(C(F)(F)F)cc(=O)[nH]1)N1CCc2[nH]c3ccccc3c2C1. The number of benzene rings is 1. The lowest BCUT2D eigenvalue weighted by atomic mass is 10.0. The van der Waals surface area contributed by atoms with Crippen molar-refractivity contribution in [3.8, 4) is 0 Å². The number of rotatable bonds is 3. The zero-order valence-corrected chi connectivity index (χ0v) is 15.3. The number of carbonyl (C=O) groups excluding carboxylic acids is 1. The fourth-order valence-corrected chi connectivity index (χ4v) is 4.03. The van der Waals surface area contributed by atoms with E-state index in [1.165, 1.54) is 0 Å². The molecule has 6 nitrogen and oxygen atoms in total. The summed E-state index contributed by atoms with van der Waals surface area (Å²) in [4.78, 5) is 34.6. The minimum Gasteiger partial charge on any atom is -0.358 e. The number of halogens is 3. The van der Waals surface area contributed by atoms with Crippen LogP contribution in [0.1, 0.15) is 17.0 Å². The third kappa shape index (κ3) is 3.64. The Morgan fingerprint density at radius 1 is 1.25 bits per heavy atom. The van der Waals surface area contributed by atoms with Gasteiger partial charge in [-0.2, -0.15) is 13.2 Å². The summed E-state index contributed by atoms with van der Waals surface area (Å²) in [5.41, 5.74) is 1.00. The summed E-state index contributed by atoms with van der Waals surface area (Å²) in [5, 5.41) is 0.837. The van der Waals surface area contributed by atoms with E-state index in [1.54, 1.807) is 4.90 Å². The lowest BCUT2D eigenvalue weighted by molar-refractivity contribution is -0.141. The molecule has 3 aromatic rings. The molecule has 10 heteroatoms. The topological polar surface area (TPSA) is 81.8 Å².